The number of halogens is 2. The van der Waals surface area contributed by atoms with Gasteiger partial charge in [0.2, 0.25) is 0 Å². The second-order valence-electron chi connectivity index (χ2n) is 5.52. The monoisotopic (exact) mass is 478 g/mol. The van der Waals surface area contributed by atoms with Gasteiger partial charge < -0.3 is 24.6 Å². The van der Waals surface area contributed by atoms with Gasteiger partial charge in [0.1, 0.15) is 0 Å². The summed E-state index contributed by atoms with van der Waals surface area (Å²) in [6.45, 7) is 1.22. The van der Waals surface area contributed by atoms with E-state index < -0.39 is 0 Å². The molecule has 138 valence electrons. The maximum absolute atomic E-state index is 9.84. The van der Waals surface area contributed by atoms with Gasteiger partial charge in [0.15, 0.2) is 17.5 Å². The molecule has 0 atom stereocenters. The molecule has 0 spiro atoms. The van der Waals surface area contributed by atoms with Gasteiger partial charge in [0.05, 0.1) is 18.7 Å². The number of aromatic hydroxyl groups is 1. The molecule has 0 fully saturated rings. The zero-order chi connectivity index (χ0) is 17.7. The van der Waals surface area contributed by atoms with E-state index >= 15 is 0 Å². The summed E-state index contributed by atoms with van der Waals surface area (Å²) in [6, 6.07) is 7.25. The van der Waals surface area contributed by atoms with E-state index in [0.717, 1.165) is 22.2 Å². The number of nitrogens with zero attached hydrogens (tertiary/aromatic N) is 3. The molecule has 0 bridgehead atoms. The number of rotatable bonds is 5. The number of nitrogens with one attached hydrogen (secondary N) is 1. The molecule has 0 saturated carbocycles. The number of aryl methyl sites for hydroxylation is 1. The summed E-state index contributed by atoms with van der Waals surface area (Å²) in [5, 5.41) is 13.8. The van der Waals surface area contributed by atoms with Gasteiger partial charge in [-0.25, -0.2) is 0 Å². The van der Waals surface area contributed by atoms with Crippen molar-refractivity contribution < 1.29 is 9.84 Å². The third kappa shape index (κ3) is 5.71. The van der Waals surface area contributed by atoms with Crippen molar-refractivity contribution in [1.82, 2.24) is 14.8 Å². The molecule has 8 heteroatoms. The summed E-state index contributed by atoms with van der Waals surface area (Å²) in [5.41, 5.74) is 2.03. The smallest absolute Gasteiger partial charge is 0.194 e. The molecule has 0 unspecified atom stereocenters. The van der Waals surface area contributed by atoms with Crippen LogP contribution >= 0.6 is 35.6 Å². The number of phenolic OH excluding ortho intramolecular Hbond substituents is 1. The number of ether oxygens (including phenoxy) is 1. The van der Waals surface area contributed by atoms with E-state index in [1.165, 1.54) is 7.11 Å². The van der Waals surface area contributed by atoms with Crippen molar-refractivity contribution in [2.75, 3.05) is 21.2 Å². The molecule has 2 aromatic rings. The maximum Gasteiger partial charge on any atom is 0.194 e. The van der Waals surface area contributed by atoms with E-state index in [0.29, 0.717) is 18.8 Å². The van der Waals surface area contributed by atoms with Crippen LogP contribution in [0.25, 0.3) is 0 Å². The average molecular weight is 479 g/mol. The van der Waals surface area contributed by atoms with Crippen LogP contribution in [0.1, 0.15) is 11.3 Å². The zero-order valence-electron chi connectivity index (χ0n) is 14.8. The predicted molar refractivity (Wildman–Crippen MR) is 112 cm³/mol. The Hall–Kier alpha value is -1.61. The Balaban J connectivity index is 0.00000312. The summed E-state index contributed by atoms with van der Waals surface area (Å²) in [5.74, 6) is 1.34. The molecule has 0 aliphatic carbocycles. The van der Waals surface area contributed by atoms with E-state index in [1.807, 2.05) is 41.9 Å². The van der Waals surface area contributed by atoms with Crippen LogP contribution in [0.5, 0.6) is 11.5 Å². The van der Waals surface area contributed by atoms with Crippen LogP contribution in [-0.2, 0) is 20.1 Å². The van der Waals surface area contributed by atoms with Crippen molar-refractivity contribution in [3.05, 3.63) is 46.7 Å². The highest BCUT2D eigenvalue weighted by Gasteiger charge is 2.10. The van der Waals surface area contributed by atoms with E-state index in [-0.39, 0.29) is 29.7 Å². The molecular formula is C17H24ClIN4O2. The standard InChI is InChI=1S/C17H23ClN4O2.HI/c1-19-17(22(3)11-14-8-13(18)10-21(14)2)20-9-12-5-6-16(24-4)15(23)7-12;/h5-8,10,23H,9,11H2,1-4H3,(H,19,20);1H. The first kappa shape index (κ1) is 21.4. The van der Waals surface area contributed by atoms with E-state index in [2.05, 4.69) is 10.3 Å². The first-order chi connectivity index (χ1) is 11.4. The van der Waals surface area contributed by atoms with Gasteiger partial charge in [-0.2, -0.15) is 0 Å². The zero-order valence-corrected chi connectivity index (χ0v) is 17.9. The minimum atomic E-state index is 0. The molecule has 1 heterocycles. The minimum absolute atomic E-state index is 0. The second-order valence-corrected chi connectivity index (χ2v) is 5.96. The van der Waals surface area contributed by atoms with Crippen LogP contribution in [0.3, 0.4) is 0 Å². The van der Waals surface area contributed by atoms with Crippen molar-refractivity contribution in [1.29, 1.82) is 0 Å². The lowest BCUT2D eigenvalue weighted by atomic mass is 10.2. The molecule has 1 aromatic carbocycles. The third-order valence-corrected chi connectivity index (χ3v) is 3.95. The fourth-order valence-corrected chi connectivity index (χ4v) is 2.72. The number of aromatic nitrogens is 1. The van der Waals surface area contributed by atoms with E-state index in [9.17, 15) is 5.11 Å². The van der Waals surface area contributed by atoms with Gasteiger partial charge in [-0.1, -0.05) is 17.7 Å². The number of benzene rings is 1. The van der Waals surface area contributed by atoms with Gasteiger partial charge >= 0.3 is 0 Å². The van der Waals surface area contributed by atoms with Crippen LogP contribution in [0.4, 0.5) is 0 Å². The number of guanidine groups is 1. The molecule has 2 rings (SSSR count). The Morgan fingerprint density at radius 3 is 2.64 bits per heavy atom. The first-order valence-electron chi connectivity index (χ1n) is 7.53. The van der Waals surface area contributed by atoms with Crippen molar-refractivity contribution in [2.45, 2.75) is 13.1 Å². The number of hydrogen-bond donors (Lipinski definition) is 2. The molecule has 0 saturated heterocycles. The summed E-state index contributed by atoms with van der Waals surface area (Å²) < 4.78 is 7.04. The molecule has 0 amide bonds. The van der Waals surface area contributed by atoms with Crippen LogP contribution in [-0.4, -0.2) is 41.7 Å². The highest BCUT2D eigenvalue weighted by atomic mass is 127. The fourth-order valence-electron chi connectivity index (χ4n) is 2.45. The van der Waals surface area contributed by atoms with Crippen LogP contribution < -0.4 is 10.1 Å². The molecule has 0 aliphatic heterocycles. The number of phenols is 1. The highest BCUT2D eigenvalue weighted by molar-refractivity contribution is 14.0. The van der Waals surface area contributed by atoms with E-state index in [1.54, 1.807) is 19.2 Å². The van der Waals surface area contributed by atoms with Crippen molar-refractivity contribution in [2.24, 2.45) is 12.0 Å². The van der Waals surface area contributed by atoms with Gasteiger partial charge in [0.25, 0.3) is 0 Å². The molecule has 2 N–H and O–H groups in total. The highest BCUT2D eigenvalue weighted by Crippen LogP contribution is 2.26. The fraction of sp³-hybridized carbons (Fsp3) is 0.353. The molecule has 0 aliphatic rings. The summed E-state index contributed by atoms with van der Waals surface area (Å²) in [7, 11) is 7.19. The largest absolute Gasteiger partial charge is 0.504 e. The van der Waals surface area contributed by atoms with Gasteiger partial charge in [-0.05, 0) is 23.8 Å². The van der Waals surface area contributed by atoms with Crippen molar-refractivity contribution in [3.63, 3.8) is 0 Å². The van der Waals surface area contributed by atoms with Crippen molar-refractivity contribution in [3.8, 4) is 11.5 Å². The van der Waals surface area contributed by atoms with Gasteiger partial charge in [0, 0.05) is 39.6 Å². The second kappa shape index (κ2) is 9.76. The molecule has 0 radical (unpaired) electrons. The summed E-state index contributed by atoms with van der Waals surface area (Å²) >= 11 is 6.02. The Morgan fingerprint density at radius 1 is 1.40 bits per heavy atom. The Morgan fingerprint density at radius 2 is 2.12 bits per heavy atom. The Bertz CT molecular complexity index is 733. The summed E-state index contributed by atoms with van der Waals surface area (Å²) in [4.78, 5) is 6.30. The molecule has 6 nitrogen and oxygen atoms in total. The van der Waals surface area contributed by atoms with E-state index in [4.69, 9.17) is 16.3 Å². The third-order valence-electron chi connectivity index (χ3n) is 3.74. The number of aliphatic imine (C=N–C) groups is 1. The maximum atomic E-state index is 9.84. The lowest BCUT2D eigenvalue weighted by Gasteiger charge is -2.22. The SMILES string of the molecule is CN=C(NCc1ccc(OC)c(O)c1)N(C)Cc1cc(Cl)cn1C.I. The Kier molecular flexibility index (Phi) is 8.37. The van der Waals surface area contributed by atoms with Crippen LogP contribution in [0.2, 0.25) is 5.02 Å². The lowest BCUT2D eigenvalue weighted by Crippen LogP contribution is -2.38. The van der Waals surface area contributed by atoms with Crippen LogP contribution in [0.15, 0.2) is 35.5 Å². The number of hydrogen-bond acceptors (Lipinski definition) is 3. The predicted octanol–water partition coefficient (Wildman–Crippen LogP) is 3.22. The molecule has 25 heavy (non-hydrogen) atoms. The van der Waals surface area contributed by atoms with Crippen molar-refractivity contribution >= 4 is 41.5 Å². The first-order valence-corrected chi connectivity index (χ1v) is 7.90. The number of methoxy groups -OCH3 is 1. The van der Waals surface area contributed by atoms with Gasteiger partial charge in [-0.15, -0.1) is 24.0 Å². The van der Waals surface area contributed by atoms with Crippen LogP contribution in [0, 0.1) is 0 Å². The minimum Gasteiger partial charge on any atom is -0.504 e. The lowest BCUT2D eigenvalue weighted by molar-refractivity contribution is 0.373. The Labute approximate surface area is 170 Å². The molecular weight excluding hydrogens is 455 g/mol. The quantitative estimate of drug-likeness (QED) is 0.394. The normalized spacial score (nSPS) is 11.0. The topological polar surface area (TPSA) is 62.0 Å². The summed E-state index contributed by atoms with van der Waals surface area (Å²) in [6.07, 6.45) is 1.88. The van der Waals surface area contributed by atoms with Gasteiger partial charge in [-0.3, -0.25) is 4.99 Å². The molecule has 1 aromatic heterocycles. The average Bonchev–Trinajstić information content (AvgIpc) is 2.85.